The van der Waals surface area contributed by atoms with Crippen molar-refractivity contribution >= 4 is 11.6 Å². The van der Waals surface area contributed by atoms with Gasteiger partial charge in [0.05, 0.1) is 13.2 Å². The molecule has 166 valence electrons. The standard InChI is InChI=1S/C27H39ClO2/c1-2-3-4-5-20-18-29-27(30-19-20)25-12-10-23(11-13-25)21-6-8-22(9-7-21)24-14-16-26(28)17-15-24/h4-5,14-17,20-23,25,27H,2-3,6-13,18-19H2,1H3/b5-4+/t20-,21-,22-,23-,25-,27-. The van der Waals surface area contributed by atoms with Crippen LogP contribution in [0.15, 0.2) is 36.4 Å². The molecule has 0 radical (unpaired) electrons. The number of benzene rings is 1. The summed E-state index contributed by atoms with van der Waals surface area (Å²) in [5, 5.41) is 0.846. The highest BCUT2D eigenvalue weighted by Gasteiger charge is 2.35. The maximum Gasteiger partial charge on any atom is 0.160 e. The van der Waals surface area contributed by atoms with Crippen LogP contribution in [0.3, 0.4) is 0 Å². The van der Waals surface area contributed by atoms with Crippen molar-refractivity contribution in [1.29, 1.82) is 0 Å². The Balaban J connectivity index is 1.17. The van der Waals surface area contributed by atoms with Crippen molar-refractivity contribution in [2.45, 2.75) is 83.3 Å². The van der Waals surface area contributed by atoms with Gasteiger partial charge in [-0.15, -0.1) is 0 Å². The normalized spacial score (nSPS) is 35.5. The third kappa shape index (κ3) is 5.90. The lowest BCUT2D eigenvalue weighted by Gasteiger charge is -2.41. The molecular formula is C27H39ClO2. The van der Waals surface area contributed by atoms with E-state index in [9.17, 15) is 0 Å². The van der Waals surface area contributed by atoms with Crippen LogP contribution in [0.1, 0.15) is 82.6 Å². The van der Waals surface area contributed by atoms with Gasteiger partial charge in [-0.2, -0.15) is 0 Å². The molecule has 3 fully saturated rings. The molecule has 1 saturated heterocycles. The van der Waals surface area contributed by atoms with E-state index in [0.717, 1.165) is 42.4 Å². The highest BCUT2D eigenvalue weighted by molar-refractivity contribution is 6.30. The minimum Gasteiger partial charge on any atom is -0.352 e. The minimum atomic E-state index is 0.0439. The SMILES string of the molecule is CCC/C=C/[C@H]1CO[C@H]([C@H]2CC[C@H]([C@H]3CC[C@H](c4ccc(Cl)cc4)CC3)CC2)OC1. The first-order valence-corrected chi connectivity index (χ1v) is 12.8. The summed E-state index contributed by atoms with van der Waals surface area (Å²) in [5.74, 6) is 3.63. The van der Waals surface area contributed by atoms with Crippen LogP contribution in [0.2, 0.25) is 5.02 Å². The molecule has 2 nitrogen and oxygen atoms in total. The Morgan fingerprint density at radius 2 is 1.40 bits per heavy atom. The van der Waals surface area contributed by atoms with Gasteiger partial charge in [0.1, 0.15) is 0 Å². The zero-order valence-electron chi connectivity index (χ0n) is 18.6. The number of hydrogen-bond acceptors (Lipinski definition) is 2. The predicted molar refractivity (Wildman–Crippen MR) is 125 cm³/mol. The van der Waals surface area contributed by atoms with Gasteiger partial charge in [0, 0.05) is 16.9 Å². The average molecular weight is 431 g/mol. The molecule has 0 unspecified atom stereocenters. The Hall–Kier alpha value is -0.830. The molecule has 0 amide bonds. The van der Waals surface area contributed by atoms with Crippen LogP contribution >= 0.6 is 11.6 Å². The number of rotatable bonds is 6. The molecule has 3 aliphatic rings. The molecule has 0 spiro atoms. The van der Waals surface area contributed by atoms with Crippen LogP contribution in [0, 0.1) is 23.7 Å². The van der Waals surface area contributed by atoms with Crippen LogP contribution in [-0.2, 0) is 9.47 Å². The van der Waals surface area contributed by atoms with E-state index in [1.807, 2.05) is 12.1 Å². The monoisotopic (exact) mass is 430 g/mol. The van der Waals surface area contributed by atoms with E-state index in [-0.39, 0.29) is 6.29 Å². The Bertz CT molecular complexity index is 646. The average Bonchev–Trinajstić information content (AvgIpc) is 2.81. The van der Waals surface area contributed by atoms with Gasteiger partial charge in [0.25, 0.3) is 0 Å². The zero-order valence-corrected chi connectivity index (χ0v) is 19.4. The lowest BCUT2D eigenvalue weighted by atomic mass is 9.68. The number of allylic oxidation sites excluding steroid dienone is 1. The molecule has 0 N–H and O–H groups in total. The van der Waals surface area contributed by atoms with E-state index in [1.165, 1.54) is 63.4 Å². The van der Waals surface area contributed by atoms with E-state index >= 15 is 0 Å². The first-order valence-electron chi connectivity index (χ1n) is 12.4. The van der Waals surface area contributed by atoms with E-state index in [2.05, 4.69) is 31.2 Å². The van der Waals surface area contributed by atoms with Crippen LogP contribution in [-0.4, -0.2) is 19.5 Å². The maximum absolute atomic E-state index is 6.13. The lowest BCUT2D eigenvalue weighted by molar-refractivity contribution is -0.223. The van der Waals surface area contributed by atoms with Crippen LogP contribution in [0.4, 0.5) is 0 Å². The van der Waals surface area contributed by atoms with E-state index in [4.69, 9.17) is 21.1 Å². The maximum atomic E-state index is 6.13. The zero-order chi connectivity index (χ0) is 20.8. The first-order chi connectivity index (χ1) is 14.7. The van der Waals surface area contributed by atoms with Gasteiger partial charge in [-0.1, -0.05) is 49.2 Å². The fourth-order valence-corrected chi connectivity index (χ4v) is 6.05. The molecule has 1 aromatic carbocycles. The van der Waals surface area contributed by atoms with Crippen molar-refractivity contribution in [3.8, 4) is 0 Å². The molecule has 1 aliphatic heterocycles. The molecule has 3 heteroatoms. The summed E-state index contributed by atoms with van der Waals surface area (Å²) in [7, 11) is 0. The van der Waals surface area contributed by atoms with Gasteiger partial charge < -0.3 is 9.47 Å². The summed E-state index contributed by atoms with van der Waals surface area (Å²) < 4.78 is 12.3. The third-order valence-corrected chi connectivity index (χ3v) is 8.05. The molecule has 0 atom stereocenters. The molecule has 2 aliphatic carbocycles. The number of unbranched alkanes of at least 4 members (excludes halogenated alkanes) is 1. The van der Waals surface area contributed by atoms with Crippen LogP contribution in [0.25, 0.3) is 0 Å². The van der Waals surface area contributed by atoms with Crippen molar-refractivity contribution in [2.24, 2.45) is 23.7 Å². The topological polar surface area (TPSA) is 18.5 Å². The Morgan fingerprint density at radius 1 is 0.833 bits per heavy atom. The number of halogens is 1. The quantitative estimate of drug-likeness (QED) is 0.429. The summed E-state index contributed by atoms with van der Waals surface area (Å²) in [6.07, 6.45) is 17.7. The van der Waals surface area contributed by atoms with E-state index in [0.29, 0.717) is 11.8 Å². The largest absolute Gasteiger partial charge is 0.352 e. The Labute approximate surface area is 188 Å². The summed E-state index contributed by atoms with van der Waals surface area (Å²) in [5.41, 5.74) is 1.48. The van der Waals surface area contributed by atoms with Crippen molar-refractivity contribution in [1.82, 2.24) is 0 Å². The molecule has 0 aromatic heterocycles. The van der Waals surface area contributed by atoms with E-state index < -0.39 is 0 Å². The molecule has 1 heterocycles. The third-order valence-electron chi connectivity index (χ3n) is 7.79. The molecule has 30 heavy (non-hydrogen) atoms. The first kappa shape index (κ1) is 22.4. The summed E-state index contributed by atoms with van der Waals surface area (Å²) in [6, 6.07) is 8.55. The van der Waals surface area contributed by atoms with Gasteiger partial charge >= 0.3 is 0 Å². The summed E-state index contributed by atoms with van der Waals surface area (Å²) in [6.45, 7) is 3.88. The molecule has 2 saturated carbocycles. The van der Waals surface area contributed by atoms with Gasteiger partial charge in [-0.25, -0.2) is 0 Å². The second kappa shape index (κ2) is 11.2. The summed E-state index contributed by atoms with van der Waals surface area (Å²) in [4.78, 5) is 0. The molecule has 1 aromatic rings. The van der Waals surface area contributed by atoms with E-state index in [1.54, 1.807) is 0 Å². The van der Waals surface area contributed by atoms with Gasteiger partial charge in [-0.05, 0) is 93.2 Å². The van der Waals surface area contributed by atoms with Crippen molar-refractivity contribution in [2.75, 3.05) is 13.2 Å². The Kier molecular flexibility index (Phi) is 8.32. The van der Waals surface area contributed by atoms with Crippen molar-refractivity contribution in [3.05, 3.63) is 47.0 Å². The van der Waals surface area contributed by atoms with Gasteiger partial charge in [0.15, 0.2) is 6.29 Å². The van der Waals surface area contributed by atoms with Crippen LogP contribution in [0.5, 0.6) is 0 Å². The van der Waals surface area contributed by atoms with Gasteiger partial charge in [0.2, 0.25) is 0 Å². The smallest absolute Gasteiger partial charge is 0.160 e. The second-order valence-corrected chi connectivity index (χ2v) is 10.3. The lowest BCUT2D eigenvalue weighted by Crippen LogP contribution is -2.38. The second-order valence-electron chi connectivity index (χ2n) is 9.85. The highest BCUT2D eigenvalue weighted by atomic mass is 35.5. The van der Waals surface area contributed by atoms with Crippen LogP contribution < -0.4 is 0 Å². The Morgan fingerprint density at radius 3 is 2.00 bits per heavy atom. The molecular weight excluding hydrogens is 392 g/mol. The highest BCUT2D eigenvalue weighted by Crippen LogP contribution is 2.45. The molecule has 0 bridgehead atoms. The minimum absolute atomic E-state index is 0.0439. The van der Waals surface area contributed by atoms with Crippen molar-refractivity contribution in [3.63, 3.8) is 0 Å². The van der Waals surface area contributed by atoms with Crippen molar-refractivity contribution < 1.29 is 9.47 Å². The fourth-order valence-electron chi connectivity index (χ4n) is 5.92. The summed E-state index contributed by atoms with van der Waals surface area (Å²) >= 11 is 6.06. The van der Waals surface area contributed by atoms with Gasteiger partial charge in [-0.3, -0.25) is 0 Å². The molecule has 4 rings (SSSR count). The number of ether oxygens (including phenoxy) is 2. The number of hydrogen-bond donors (Lipinski definition) is 0. The fraction of sp³-hybridized carbons (Fsp3) is 0.704. The predicted octanol–water partition coefficient (Wildman–Crippen LogP) is 7.77.